The van der Waals surface area contributed by atoms with Crippen LogP contribution in [0.2, 0.25) is 0 Å². The van der Waals surface area contributed by atoms with Gasteiger partial charge in [-0.25, -0.2) is 0 Å². The van der Waals surface area contributed by atoms with Crippen LogP contribution in [0.4, 0.5) is 18.9 Å². The molecular formula is C19H20F3NO4. The van der Waals surface area contributed by atoms with Crippen LogP contribution in [0.3, 0.4) is 0 Å². The van der Waals surface area contributed by atoms with Crippen LogP contribution in [-0.4, -0.2) is 32.3 Å². The van der Waals surface area contributed by atoms with E-state index in [2.05, 4.69) is 5.32 Å². The van der Waals surface area contributed by atoms with Crippen molar-refractivity contribution < 1.29 is 32.2 Å². The molecule has 0 saturated carbocycles. The number of hydrogen-bond donors (Lipinski definition) is 1. The topological polar surface area (TPSA) is 56.8 Å². The lowest BCUT2D eigenvalue weighted by Crippen LogP contribution is -2.20. The van der Waals surface area contributed by atoms with Gasteiger partial charge in [0, 0.05) is 12.3 Å². The molecule has 146 valence electrons. The maximum Gasteiger partial charge on any atom is 0.416 e. The smallest absolute Gasteiger partial charge is 0.416 e. The minimum absolute atomic E-state index is 0.0523. The Balaban J connectivity index is 1.80. The molecule has 2 aromatic carbocycles. The molecule has 0 atom stereocenters. The van der Waals surface area contributed by atoms with E-state index in [-0.39, 0.29) is 12.3 Å². The Labute approximate surface area is 155 Å². The first-order valence-corrected chi connectivity index (χ1v) is 8.29. The Morgan fingerprint density at radius 2 is 1.67 bits per heavy atom. The van der Waals surface area contributed by atoms with E-state index in [0.717, 1.165) is 12.1 Å². The number of carbonyl (C=O) groups excluding carboxylic acids is 1. The first-order chi connectivity index (χ1) is 12.9. The van der Waals surface area contributed by atoms with Gasteiger partial charge in [-0.05, 0) is 49.4 Å². The molecule has 1 amide bonds. The number of ether oxygens (including phenoxy) is 3. The molecule has 0 spiro atoms. The van der Waals surface area contributed by atoms with Crippen molar-refractivity contribution in [3.63, 3.8) is 0 Å². The molecule has 0 fully saturated rings. The predicted molar refractivity (Wildman–Crippen MR) is 94.0 cm³/mol. The lowest BCUT2D eigenvalue weighted by Gasteiger charge is -2.11. The molecule has 0 aromatic heterocycles. The largest absolute Gasteiger partial charge is 0.491 e. The highest BCUT2D eigenvalue weighted by Gasteiger charge is 2.30. The van der Waals surface area contributed by atoms with Crippen molar-refractivity contribution in [3.8, 4) is 11.5 Å². The zero-order valence-electron chi connectivity index (χ0n) is 14.7. The molecule has 0 radical (unpaired) electrons. The number of halogens is 3. The summed E-state index contributed by atoms with van der Waals surface area (Å²) in [6, 6.07) is 11.0. The van der Waals surface area contributed by atoms with E-state index in [9.17, 15) is 18.0 Å². The summed E-state index contributed by atoms with van der Waals surface area (Å²) in [7, 11) is 0. The van der Waals surface area contributed by atoms with Gasteiger partial charge in [-0.15, -0.1) is 0 Å². The molecule has 5 nitrogen and oxygen atoms in total. The number of hydrogen-bond acceptors (Lipinski definition) is 4. The van der Waals surface area contributed by atoms with Crippen LogP contribution in [0.15, 0.2) is 48.5 Å². The Bertz CT molecular complexity index is 732. The van der Waals surface area contributed by atoms with Crippen molar-refractivity contribution in [2.24, 2.45) is 0 Å². The molecule has 8 heteroatoms. The van der Waals surface area contributed by atoms with Gasteiger partial charge in [-0.2, -0.15) is 13.2 Å². The third-order valence-electron chi connectivity index (χ3n) is 3.37. The van der Waals surface area contributed by atoms with E-state index in [0.29, 0.717) is 31.3 Å². The number of alkyl halides is 3. The molecular weight excluding hydrogens is 363 g/mol. The Kier molecular flexibility index (Phi) is 7.48. The van der Waals surface area contributed by atoms with Gasteiger partial charge in [-0.3, -0.25) is 4.79 Å². The van der Waals surface area contributed by atoms with Crippen LogP contribution >= 0.6 is 0 Å². The van der Waals surface area contributed by atoms with E-state index in [1.165, 1.54) is 12.1 Å². The summed E-state index contributed by atoms with van der Waals surface area (Å²) in [5.74, 6) is 0.508. The van der Waals surface area contributed by atoms with Crippen LogP contribution in [0, 0.1) is 0 Å². The molecule has 0 saturated heterocycles. The van der Waals surface area contributed by atoms with Crippen LogP contribution in [-0.2, 0) is 15.7 Å². The van der Waals surface area contributed by atoms with E-state index in [1.807, 2.05) is 6.92 Å². The van der Waals surface area contributed by atoms with Crippen molar-refractivity contribution in [1.82, 2.24) is 0 Å². The number of carbonyl (C=O) groups is 1. The number of rotatable bonds is 9. The van der Waals surface area contributed by atoms with Gasteiger partial charge in [0.05, 0.1) is 12.2 Å². The fraction of sp³-hybridized carbons (Fsp3) is 0.316. The first kappa shape index (κ1) is 20.6. The third kappa shape index (κ3) is 7.18. The van der Waals surface area contributed by atoms with Crippen LogP contribution in [0.5, 0.6) is 11.5 Å². The molecule has 27 heavy (non-hydrogen) atoms. The molecule has 2 rings (SSSR count). The molecule has 0 unspecified atom stereocenters. The minimum atomic E-state index is -4.47. The average molecular weight is 383 g/mol. The van der Waals surface area contributed by atoms with Crippen LogP contribution < -0.4 is 14.8 Å². The Hall–Kier alpha value is -2.74. The lowest BCUT2D eigenvalue weighted by atomic mass is 10.2. The molecule has 0 aliphatic rings. The van der Waals surface area contributed by atoms with E-state index in [4.69, 9.17) is 14.2 Å². The zero-order chi connectivity index (χ0) is 19.7. The minimum Gasteiger partial charge on any atom is -0.491 e. The third-order valence-corrected chi connectivity index (χ3v) is 3.37. The van der Waals surface area contributed by atoms with Crippen molar-refractivity contribution >= 4 is 11.6 Å². The summed E-state index contributed by atoms with van der Waals surface area (Å²) in [4.78, 5) is 11.9. The number of nitrogens with one attached hydrogen (secondary N) is 1. The van der Waals surface area contributed by atoms with E-state index in [1.54, 1.807) is 24.3 Å². The fourth-order valence-electron chi connectivity index (χ4n) is 2.11. The van der Waals surface area contributed by atoms with Gasteiger partial charge in [-0.1, -0.05) is 6.07 Å². The SMILES string of the molecule is CCOCCOc1ccc(OCC(=O)Nc2cccc(C(F)(F)F)c2)cc1. The molecule has 0 aliphatic heterocycles. The second-order valence-electron chi connectivity index (χ2n) is 5.43. The second-order valence-corrected chi connectivity index (χ2v) is 5.43. The molecule has 2 aromatic rings. The summed E-state index contributed by atoms with van der Waals surface area (Å²) in [5.41, 5.74) is -0.780. The molecule has 0 aliphatic carbocycles. The van der Waals surface area contributed by atoms with Gasteiger partial charge in [0.2, 0.25) is 0 Å². The predicted octanol–water partition coefficient (Wildman–Crippen LogP) is 4.14. The van der Waals surface area contributed by atoms with Crippen LogP contribution in [0.25, 0.3) is 0 Å². The second kappa shape index (κ2) is 9.82. The highest BCUT2D eigenvalue weighted by Crippen LogP contribution is 2.30. The van der Waals surface area contributed by atoms with Gasteiger partial charge in [0.25, 0.3) is 5.91 Å². The number of benzene rings is 2. The lowest BCUT2D eigenvalue weighted by molar-refractivity contribution is -0.137. The normalized spacial score (nSPS) is 11.1. The standard InChI is InChI=1S/C19H20F3NO4/c1-2-25-10-11-26-16-6-8-17(9-7-16)27-13-18(24)23-15-5-3-4-14(12-15)19(20,21)22/h3-9,12H,2,10-11,13H2,1H3,(H,23,24). The Morgan fingerprint density at radius 1 is 1.00 bits per heavy atom. The summed E-state index contributed by atoms with van der Waals surface area (Å²) in [5, 5.41) is 2.37. The van der Waals surface area contributed by atoms with Crippen molar-refractivity contribution in [2.45, 2.75) is 13.1 Å². The average Bonchev–Trinajstić information content (AvgIpc) is 2.64. The van der Waals surface area contributed by atoms with E-state index < -0.39 is 17.6 Å². The molecule has 1 N–H and O–H groups in total. The molecule has 0 bridgehead atoms. The van der Waals surface area contributed by atoms with Crippen molar-refractivity contribution in [2.75, 3.05) is 31.7 Å². The number of anilines is 1. The van der Waals surface area contributed by atoms with Gasteiger partial charge < -0.3 is 19.5 Å². The van der Waals surface area contributed by atoms with Gasteiger partial charge in [0.15, 0.2) is 6.61 Å². The summed E-state index contributed by atoms with van der Waals surface area (Å²) >= 11 is 0. The monoisotopic (exact) mass is 383 g/mol. The zero-order valence-corrected chi connectivity index (χ0v) is 14.7. The van der Waals surface area contributed by atoms with Crippen molar-refractivity contribution in [3.05, 3.63) is 54.1 Å². The molecule has 0 heterocycles. The van der Waals surface area contributed by atoms with E-state index >= 15 is 0 Å². The maximum absolute atomic E-state index is 12.7. The fourth-order valence-corrected chi connectivity index (χ4v) is 2.11. The Morgan fingerprint density at radius 3 is 2.30 bits per heavy atom. The first-order valence-electron chi connectivity index (χ1n) is 8.29. The quantitative estimate of drug-likeness (QED) is 0.662. The highest BCUT2D eigenvalue weighted by molar-refractivity contribution is 5.91. The van der Waals surface area contributed by atoms with Gasteiger partial charge in [0.1, 0.15) is 18.1 Å². The highest BCUT2D eigenvalue weighted by atomic mass is 19.4. The number of amides is 1. The summed E-state index contributed by atoms with van der Waals surface area (Å²) < 4.78 is 53.9. The van der Waals surface area contributed by atoms with Crippen LogP contribution in [0.1, 0.15) is 12.5 Å². The summed E-state index contributed by atoms with van der Waals surface area (Å²) in [6.45, 7) is 3.10. The summed E-state index contributed by atoms with van der Waals surface area (Å²) in [6.07, 6.45) is -4.47. The van der Waals surface area contributed by atoms with Gasteiger partial charge >= 0.3 is 6.18 Å². The maximum atomic E-state index is 12.7. The van der Waals surface area contributed by atoms with Crippen molar-refractivity contribution in [1.29, 1.82) is 0 Å².